The van der Waals surface area contributed by atoms with E-state index in [0.717, 1.165) is 136 Å². The van der Waals surface area contributed by atoms with Gasteiger partial charge in [0, 0.05) is 65.2 Å². The summed E-state index contributed by atoms with van der Waals surface area (Å²) in [5.74, 6) is 10.4. The lowest BCUT2D eigenvalue weighted by Crippen LogP contribution is -2.44. The number of ether oxygens (including phenoxy) is 3. The van der Waals surface area contributed by atoms with Crippen molar-refractivity contribution in [3.8, 4) is 29.4 Å². The topological polar surface area (TPSA) is 197 Å². The minimum absolute atomic E-state index is 0.0109. The molecule has 4 saturated carbocycles. The van der Waals surface area contributed by atoms with E-state index in [1.807, 2.05) is 26.2 Å². The molecule has 2 aliphatic heterocycles. The van der Waals surface area contributed by atoms with Crippen LogP contribution >= 0.6 is 0 Å². The standard InChI is InChI=1S/C59H67F2N11O4/c1-33(55-66-44-15-14-39(35-18-25-72(3)26-19-35)54(51(44)70-55)76-31-59(61)22-23-59)47-42(28-64-32-73)40(48(68-47)36-9-10-36)8-6-5-7-34(17-24-63-2)38-13-16-45-52(53(38)75-30-58(60)20-21-58)71-56(67-45)46-50-43(29-65-57(46)74-4)41(27-62)49(69-50)37-11-12-37/h13-16,28-29,32,34-37,57,63,65,68-69H,5,7,9-12,17-26,30-31H2,1-4H3,(H,64,73)(H,66,70)(H,67,71)/b42-28-,47-33-. The smallest absolute Gasteiger partial charge is 0.211 e. The number of piperidine rings is 1. The molecule has 1 amide bonds. The Morgan fingerprint density at radius 3 is 2.24 bits per heavy atom. The zero-order valence-corrected chi connectivity index (χ0v) is 43.8. The number of likely N-dealkylation sites (tertiary alicyclic amines) is 1. The maximum absolute atomic E-state index is 15.5. The van der Waals surface area contributed by atoms with Crippen molar-refractivity contribution in [2.45, 2.75) is 132 Å². The van der Waals surface area contributed by atoms with E-state index in [0.29, 0.717) is 96.5 Å². The van der Waals surface area contributed by atoms with Gasteiger partial charge in [0.2, 0.25) is 6.41 Å². The lowest BCUT2D eigenvalue weighted by molar-refractivity contribution is -0.108. The summed E-state index contributed by atoms with van der Waals surface area (Å²) >= 11 is 0. The van der Waals surface area contributed by atoms with Crippen molar-refractivity contribution < 1.29 is 27.8 Å². The fourth-order valence-electron chi connectivity index (χ4n) is 11.4. The predicted molar refractivity (Wildman–Crippen MR) is 288 cm³/mol. The van der Waals surface area contributed by atoms with Gasteiger partial charge in [0.25, 0.3) is 0 Å². The predicted octanol–water partition coefficient (Wildman–Crippen LogP) is 6.03. The second-order valence-corrected chi connectivity index (χ2v) is 22.3. The Hall–Kier alpha value is -6.92. The third kappa shape index (κ3) is 9.78. The first kappa shape index (κ1) is 49.9. The number of amides is 1. The minimum Gasteiger partial charge on any atom is -0.488 e. The van der Waals surface area contributed by atoms with E-state index in [1.165, 1.54) is 0 Å². The normalized spacial score (nSPS) is 20.8. The van der Waals surface area contributed by atoms with Crippen molar-refractivity contribution in [3.05, 3.63) is 90.7 Å². The first-order valence-corrected chi connectivity index (χ1v) is 27.3. The number of aromatic amines is 4. The van der Waals surface area contributed by atoms with E-state index in [9.17, 15) is 10.1 Å². The van der Waals surface area contributed by atoms with E-state index in [2.05, 4.69) is 83.9 Å². The number of carbonyl (C=O) groups is 1. The minimum atomic E-state index is -1.37. The van der Waals surface area contributed by atoms with Crippen LogP contribution < -0.4 is 46.6 Å². The van der Waals surface area contributed by atoms with Crippen LogP contribution in [0.3, 0.4) is 0 Å². The number of hydrogen-bond acceptors (Lipinski definition) is 10. The molecule has 1 saturated heterocycles. The fraction of sp³-hybridized carbons (Fsp3) is 0.492. The first-order chi connectivity index (χ1) is 37.0. The molecular formula is C59H67F2N11O4. The van der Waals surface area contributed by atoms with Crippen molar-refractivity contribution in [2.75, 3.05) is 54.1 Å². The Kier molecular flexibility index (Phi) is 13.3. The van der Waals surface area contributed by atoms with Crippen molar-refractivity contribution in [1.29, 1.82) is 5.26 Å². The van der Waals surface area contributed by atoms with Gasteiger partial charge in [0.1, 0.15) is 53.3 Å². The number of nitriles is 1. The molecule has 0 radical (unpaired) electrons. The van der Waals surface area contributed by atoms with Crippen LogP contribution in [-0.2, 0) is 9.53 Å². The Morgan fingerprint density at radius 1 is 0.882 bits per heavy atom. The molecule has 0 spiro atoms. The number of H-pyrrole nitrogens is 4. The molecule has 4 aliphatic carbocycles. The molecule has 6 aliphatic rings. The molecule has 7 N–H and O–H groups in total. The average molecular weight is 1030 g/mol. The van der Waals surface area contributed by atoms with Gasteiger partial charge >= 0.3 is 0 Å². The van der Waals surface area contributed by atoms with Crippen LogP contribution in [0.1, 0.15) is 159 Å². The van der Waals surface area contributed by atoms with Gasteiger partial charge in [-0.2, -0.15) is 5.26 Å². The molecule has 6 aromatic rings. The quantitative estimate of drug-likeness (QED) is 0.0350. The SMILES string of the molecule is CNCCC(CCC#Cc1c(C2CC2)[nH]c(=C(/C)c2nc3c(OCC4(F)CC4)c(C4CCN(C)CC4)ccc3[nH]2)/c1=C\NC=O)c1ccc2[nH]c(C3=c4[nH]c(C5CC5)c(C#N)c4=CNC3OC)nc2c1OCC1(F)CC1. The van der Waals surface area contributed by atoms with Crippen LogP contribution in [0.4, 0.5) is 8.78 Å². The van der Waals surface area contributed by atoms with Crippen LogP contribution in [0, 0.1) is 23.2 Å². The van der Waals surface area contributed by atoms with Crippen molar-refractivity contribution in [2.24, 2.45) is 0 Å². The molecule has 4 aromatic heterocycles. The van der Waals surface area contributed by atoms with E-state index < -0.39 is 17.6 Å². The Balaban J connectivity index is 0.890. The highest BCUT2D eigenvalue weighted by molar-refractivity contribution is 5.87. The van der Waals surface area contributed by atoms with E-state index in [-0.39, 0.29) is 25.0 Å². The second kappa shape index (κ2) is 20.2. The Labute approximate surface area is 440 Å². The highest BCUT2D eigenvalue weighted by atomic mass is 19.1. The molecule has 396 valence electrons. The molecular weight excluding hydrogens is 965 g/mol. The molecule has 76 heavy (non-hydrogen) atoms. The summed E-state index contributed by atoms with van der Waals surface area (Å²) in [7, 11) is 5.72. The molecule has 2 unspecified atom stereocenters. The summed E-state index contributed by atoms with van der Waals surface area (Å²) in [5, 5.41) is 22.9. The van der Waals surface area contributed by atoms with Gasteiger partial charge in [-0.3, -0.25) is 4.79 Å². The van der Waals surface area contributed by atoms with Gasteiger partial charge in [-0.25, -0.2) is 18.7 Å². The number of carbonyl (C=O) groups excluding carboxylic acids is 1. The monoisotopic (exact) mass is 1030 g/mol. The summed E-state index contributed by atoms with van der Waals surface area (Å²) in [4.78, 5) is 39.1. The molecule has 6 heterocycles. The molecule has 15 nitrogen and oxygen atoms in total. The van der Waals surface area contributed by atoms with E-state index in [1.54, 1.807) is 13.3 Å². The Bertz CT molecular complexity index is 3600. The van der Waals surface area contributed by atoms with Crippen LogP contribution in [0.15, 0.2) is 24.3 Å². The van der Waals surface area contributed by atoms with Gasteiger partial charge in [0.15, 0.2) is 17.7 Å². The first-order valence-electron chi connectivity index (χ1n) is 27.3. The van der Waals surface area contributed by atoms with Crippen LogP contribution in [0.5, 0.6) is 11.5 Å². The summed E-state index contributed by atoms with van der Waals surface area (Å²) < 4.78 is 49.6. The zero-order valence-electron chi connectivity index (χ0n) is 43.8. The molecule has 12 rings (SSSR count). The number of nitrogens with one attached hydrogen (secondary N) is 7. The fourth-order valence-corrected chi connectivity index (χ4v) is 11.4. The number of hydrogen-bond donors (Lipinski definition) is 7. The summed E-state index contributed by atoms with van der Waals surface area (Å²) in [6.45, 7) is 4.65. The number of halogens is 2. The molecule has 5 fully saturated rings. The largest absolute Gasteiger partial charge is 0.488 e. The van der Waals surface area contributed by atoms with Crippen molar-refractivity contribution >= 4 is 52.0 Å². The maximum atomic E-state index is 15.5. The van der Waals surface area contributed by atoms with Crippen LogP contribution in [0.2, 0.25) is 0 Å². The summed E-state index contributed by atoms with van der Waals surface area (Å²) in [5.41, 5.74) is 7.25. The van der Waals surface area contributed by atoms with Gasteiger partial charge in [-0.15, -0.1) is 0 Å². The second-order valence-electron chi connectivity index (χ2n) is 22.3. The highest BCUT2D eigenvalue weighted by Gasteiger charge is 2.45. The number of fused-ring (bicyclic) bond motifs is 3. The van der Waals surface area contributed by atoms with E-state index >= 15 is 8.78 Å². The van der Waals surface area contributed by atoms with Crippen molar-refractivity contribution in [1.82, 2.24) is 50.8 Å². The number of alkyl halides is 2. The third-order valence-electron chi connectivity index (χ3n) is 16.6. The number of rotatable bonds is 20. The van der Waals surface area contributed by atoms with Gasteiger partial charge < -0.3 is 55.0 Å². The zero-order chi connectivity index (χ0) is 52.3. The molecule has 2 atom stereocenters. The number of imidazole rings is 2. The van der Waals surface area contributed by atoms with Crippen LogP contribution in [0.25, 0.3) is 45.6 Å². The summed E-state index contributed by atoms with van der Waals surface area (Å²) in [6, 6.07) is 10.7. The molecule has 17 heteroatoms. The van der Waals surface area contributed by atoms with Gasteiger partial charge in [-0.1, -0.05) is 24.0 Å². The van der Waals surface area contributed by atoms with Gasteiger partial charge in [-0.05, 0) is 153 Å². The molecule has 2 aromatic carbocycles. The number of nitrogens with zero attached hydrogens (tertiary/aromatic N) is 4. The Morgan fingerprint density at radius 2 is 1.57 bits per heavy atom. The third-order valence-corrected chi connectivity index (χ3v) is 16.6. The number of aromatic nitrogens is 6. The lowest BCUT2D eigenvalue weighted by atomic mass is 9.88. The van der Waals surface area contributed by atoms with Crippen LogP contribution in [-0.4, -0.2) is 113 Å². The van der Waals surface area contributed by atoms with Crippen molar-refractivity contribution in [3.63, 3.8) is 0 Å². The number of benzene rings is 2. The van der Waals surface area contributed by atoms with Gasteiger partial charge in [0.05, 0.1) is 38.4 Å². The maximum Gasteiger partial charge on any atom is 0.211 e. The summed E-state index contributed by atoms with van der Waals surface area (Å²) in [6.07, 6.45) is 13.7. The number of methoxy groups -OCH3 is 1. The van der Waals surface area contributed by atoms with E-state index in [4.69, 9.17) is 24.2 Å². The highest BCUT2D eigenvalue weighted by Crippen LogP contribution is 2.46. The molecule has 0 bridgehead atoms. The average Bonchev–Trinajstić information content (AvgIpc) is 4.40. The lowest BCUT2D eigenvalue weighted by Gasteiger charge is -2.30.